The van der Waals surface area contributed by atoms with Crippen molar-refractivity contribution < 1.29 is 19.4 Å². The van der Waals surface area contributed by atoms with Gasteiger partial charge in [-0.3, -0.25) is 4.79 Å². The normalized spacial score (nSPS) is 38.2. The summed E-state index contributed by atoms with van der Waals surface area (Å²) in [6.45, 7) is 1.78. The first-order valence-electron chi connectivity index (χ1n) is 7.71. The number of ether oxygens (including phenoxy) is 2. The zero-order chi connectivity index (χ0) is 15.3. The first kappa shape index (κ1) is 13.8. The van der Waals surface area contributed by atoms with Gasteiger partial charge in [-0.25, -0.2) is 0 Å². The molecule has 0 aromatic carbocycles. The molecule has 2 heterocycles. The Balaban J connectivity index is 1.53. The molecule has 2 N–H and O–H groups in total. The Hall–Kier alpha value is -1.85. The van der Waals surface area contributed by atoms with Gasteiger partial charge in [0.15, 0.2) is 6.29 Å². The number of rotatable bonds is 2. The largest absolute Gasteiger partial charge is 0.468 e. The highest BCUT2D eigenvalue weighted by atomic mass is 16.7. The minimum Gasteiger partial charge on any atom is -0.468 e. The molecule has 0 aromatic heterocycles. The number of hydrogen-bond donors (Lipinski definition) is 2. The van der Waals surface area contributed by atoms with Crippen LogP contribution >= 0.6 is 0 Å². The third kappa shape index (κ3) is 2.12. The maximum absolute atomic E-state index is 12.2. The summed E-state index contributed by atoms with van der Waals surface area (Å²) in [7, 11) is 0. The summed E-state index contributed by atoms with van der Waals surface area (Å²) in [6.07, 6.45) is 9.21. The van der Waals surface area contributed by atoms with Crippen molar-refractivity contribution in [1.29, 1.82) is 0 Å². The lowest BCUT2D eigenvalue weighted by atomic mass is 9.98. The van der Waals surface area contributed by atoms with Crippen molar-refractivity contribution in [1.82, 2.24) is 5.32 Å². The minimum absolute atomic E-state index is 0.0697. The zero-order valence-corrected chi connectivity index (χ0v) is 12.4. The van der Waals surface area contributed by atoms with E-state index in [2.05, 4.69) is 17.5 Å². The summed E-state index contributed by atoms with van der Waals surface area (Å²) < 4.78 is 10.8. The smallest absolute Gasteiger partial charge is 0.251 e. The maximum atomic E-state index is 12.2. The highest BCUT2D eigenvalue weighted by Crippen LogP contribution is 2.45. The second kappa shape index (κ2) is 5.11. The Morgan fingerprint density at radius 1 is 1.41 bits per heavy atom. The maximum Gasteiger partial charge on any atom is 0.251 e. The number of fused-ring (bicyclic) bond motifs is 3. The lowest BCUT2D eigenvalue weighted by Crippen LogP contribution is -2.27. The van der Waals surface area contributed by atoms with Gasteiger partial charge in [-0.05, 0) is 49.0 Å². The molecule has 2 fully saturated rings. The van der Waals surface area contributed by atoms with Crippen molar-refractivity contribution in [3.63, 3.8) is 0 Å². The van der Waals surface area contributed by atoms with Gasteiger partial charge in [0.05, 0.1) is 17.9 Å². The number of aliphatic hydroxyl groups is 1. The Morgan fingerprint density at radius 3 is 3.00 bits per heavy atom. The third-order valence-corrected chi connectivity index (χ3v) is 4.80. The van der Waals surface area contributed by atoms with Crippen LogP contribution in [0.15, 0.2) is 46.8 Å². The number of allylic oxidation sites excluding steroid dienone is 2. The van der Waals surface area contributed by atoms with Gasteiger partial charge >= 0.3 is 0 Å². The van der Waals surface area contributed by atoms with E-state index in [1.807, 2.05) is 0 Å². The number of hydrogen-bond acceptors (Lipinski definition) is 4. The van der Waals surface area contributed by atoms with Crippen LogP contribution in [0, 0.1) is 5.92 Å². The van der Waals surface area contributed by atoms with Crippen molar-refractivity contribution in [2.24, 2.45) is 5.92 Å². The third-order valence-electron chi connectivity index (χ3n) is 4.80. The lowest BCUT2D eigenvalue weighted by molar-refractivity contribution is -0.154. The summed E-state index contributed by atoms with van der Waals surface area (Å²) >= 11 is 0. The molecule has 1 amide bonds. The summed E-state index contributed by atoms with van der Waals surface area (Å²) in [6, 6.07) is 0.0845. The van der Waals surface area contributed by atoms with Gasteiger partial charge in [-0.2, -0.15) is 0 Å². The molecule has 0 spiro atoms. The van der Waals surface area contributed by atoms with E-state index in [4.69, 9.17) is 9.47 Å². The van der Waals surface area contributed by atoms with Crippen LogP contribution in [-0.4, -0.2) is 29.6 Å². The van der Waals surface area contributed by atoms with Crippen LogP contribution in [0.3, 0.4) is 0 Å². The van der Waals surface area contributed by atoms with Crippen molar-refractivity contribution in [3.8, 4) is 0 Å². The average molecular weight is 301 g/mol. The minimum atomic E-state index is -0.918. The Morgan fingerprint density at radius 2 is 2.23 bits per heavy atom. The van der Waals surface area contributed by atoms with Gasteiger partial charge in [-0.15, -0.1) is 0 Å². The van der Waals surface area contributed by atoms with E-state index in [0.717, 1.165) is 24.8 Å². The van der Waals surface area contributed by atoms with Crippen molar-refractivity contribution in [2.45, 2.75) is 44.8 Å². The number of carbonyl (C=O) groups excluding carboxylic acids is 1. The van der Waals surface area contributed by atoms with E-state index in [1.54, 1.807) is 13.0 Å². The van der Waals surface area contributed by atoms with Crippen LogP contribution in [0.25, 0.3) is 0 Å². The first-order valence-corrected chi connectivity index (χ1v) is 7.71. The molecule has 5 heteroatoms. The van der Waals surface area contributed by atoms with E-state index in [1.165, 1.54) is 17.4 Å². The molecule has 4 atom stereocenters. The second-order valence-electron chi connectivity index (χ2n) is 6.20. The van der Waals surface area contributed by atoms with Gasteiger partial charge in [0.2, 0.25) is 6.29 Å². The van der Waals surface area contributed by atoms with E-state index >= 15 is 0 Å². The quantitative estimate of drug-likeness (QED) is 0.462. The Kier molecular flexibility index (Phi) is 3.20. The zero-order valence-electron chi connectivity index (χ0n) is 12.4. The molecule has 4 rings (SSSR count). The Bertz CT molecular complexity index is 643. The van der Waals surface area contributed by atoms with Crippen LogP contribution in [0.5, 0.6) is 0 Å². The average Bonchev–Trinajstić information content (AvgIpc) is 3.10. The molecule has 1 saturated heterocycles. The fraction of sp³-hybridized carbons (Fsp3) is 0.471. The fourth-order valence-corrected chi connectivity index (χ4v) is 3.63. The van der Waals surface area contributed by atoms with E-state index < -0.39 is 12.6 Å². The van der Waals surface area contributed by atoms with Crippen LogP contribution < -0.4 is 5.32 Å². The summed E-state index contributed by atoms with van der Waals surface area (Å²) in [4.78, 5) is 12.2. The summed E-state index contributed by atoms with van der Waals surface area (Å²) in [5, 5.41) is 12.6. The van der Waals surface area contributed by atoms with Crippen LogP contribution in [0.4, 0.5) is 0 Å². The van der Waals surface area contributed by atoms with Gasteiger partial charge in [0, 0.05) is 5.92 Å². The predicted octanol–water partition coefficient (Wildman–Crippen LogP) is 1.67. The molecule has 3 unspecified atom stereocenters. The van der Waals surface area contributed by atoms with Gasteiger partial charge < -0.3 is 19.9 Å². The lowest BCUT2D eigenvalue weighted by Gasteiger charge is -2.13. The summed E-state index contributed by atoms with van der Waals surface area (Å²) in [5.41, 5.74) is 4.02. The molecule has 116 valence electrons. The topological polar surface area (TPSA) is 67.8 Å². The highest BCUT2D eigenvalue weighted by Gasteiger charge is 2.46. The fourth-order valence-electron chi connectivity index (χ4n) is 3.63. The number of carbonyl (C=O) groups is 1. The molecule has 0 radical (unpaired) electrons. The van der Waals surface area contributed by atoms with Crippen molar-refractivity contribution >= 4 is 5.91 Å². The predicted molar refractivity (Wildman–Crippen MR) is 79.2 cm³/mol. The standard InChI is InChI=1S/C17H19NO4/c1-9-6-14(22-17(9)20)21-8-13-12-7-10-4-2-3-5-11(10)15(12)18-16(13)19/h4-6,8,12,14-15,17,20H,2-3,7H2,1H3,(H,18,19)/t12?,14-,15?,17?/m0/s1. The molecule has 0 aromatic rings. The van der Waals surface area contributed by atoms with E-state index in [9.17, 15) is 9.90 Å². The molecular formula is C17H19NO4. The molecule has 4 aliphatic rings. The second-order valence-corrected chi connectivity index (χ2v) is 6.20. The monoisotopic (exact) mass is 301 g/mol. The highest BCUT2D eigenvalue weighted by molar-refractivity contribution is 5.98. The molecule has 22 heavy (non-hydrogen) atoms. The first-order chi connectivity index (χ1) is 10.6. The van der Waals surface area contributed by atoms with Crippen molar-refractivity contribution in [3.05, 3.63) is 46.8 Å². The molecule has 5 nitrogen and oxygen atoms in total. The number of amides is 1. The van der Waals surface area contributed by atoms with Gasteiger partial charge in [0.25, 0.3) is 5.91 Å². The Labute approximate surface area is 129 Å². The number of aliphatic hydroxyl groups excluding tert-OH is 1. The van der Waals surface area contributed by atoms with Gasteiger partial charge in [0.1, 0.15) is 0 Å². The van der Waals surface area contributed by atoms with Crippen LogP contribution in [-0.2, 0) is 14.3 Å². The van der Waals surface area contributed by atoms with E-state index in [-0.39, 0.29) is 17.9 Å². The summed E-state index contributed by atoms with van der Waals surface area (Å²) in [5.74, 6) is 0.0688. The van der Waals surface area contributed by atoms with E-state index in [0.29, 0.717) is 5.57 Å². The van der Waals surface area contributed by atoms with Crippen LogP contribution in [0.2, 0.25) is 0 Å². The molecular weight excluding hydrogens is 282 g/mol. The van der Waals surface area contributed by atoms with Gasteiger partial charge in [-0.1, -0.05) is 12.2 Å². The molecule has 2 aliphatic carbocycles. The van der Waals surface area contributed by atoms with Crippen LogP contribution in [0.1, 0.15) is 26.2 Å². The molecule has 1 saturated carbocycles. The number of nitrogens with one attached hydrogen (secondary N) is 1. The molecule has 0 bridgehead atoms. The SMILES string of the molecule is CC1=C[C@@H](OC=C2C(=O)NC3C4=CCCC=C4CC23)OC1O. The van der Waals surface area contributed by atoms with Crippen molar-refractivity contribution in [2.75, 3.05) is 0 Å². The molecule has 2 aliphatic heterocycles.